The van der Waals surface area contributed by atoms with Crippen LogP contribution in [0.3, 0.4) is 0 Å². The van der Waals surface area contributed by atoms with E-state index in [2.05, 4.69) is 9.88 Å². The summed E-state index contributed by atoms with van der Waals surface area (Å²) in [7, 11) is 0. The number of aromatic nitrogens is 1. The van der Waals surface area contributed by atoms with Crippen LogP contribution in [0, 0.1) is 0 Å². The van der Waals surface area contributed by atoms with Crippen LogP contribution in [0.25, 0.3) is 0 Å². The zero-order valence-corrected chi connectivity index (χ0v) is 15.7. The number of halogens is 1. The van der Waals surface area contributed by atoms with E-state index in [0.29, 0.717) is 30.3 Å². The fraction of sp³-hybridized carbons (Fsp3) is 0.368. The molecule has 0 atom stereocenters. The van der Waals surface area contributed by atoms with Gasteiger partial charge >= 0.3 is 0 Å². The van der Waals surface area contributed by atoms with E-state index in [1.165, 1.54) is 0 Å². The SMILES string of the molecule is Cl.O=C(COc1ccc2c(c1)OCO2)N1CCN(Cc2ccccn2)CC1. The molecule has 0 bridgehead atoms. The van der Waals surface area contributed by atoms with E-state index in [4.69, 9.17) is 14.2 Å². The quantitative estimate of drug-likeness (QED) is 0.776. The highest BCUT2D eigenvalue weighted by molar-refractivity contribution is 5.85. The maximum Gasteiger partial charge on any atom is 0.260 e. The average molecular weight is 392 g/mol. The first kappa shape index (κ1) is 19.3. The van der Waals surface area contributed by atoms with Crippen LogP contribution in [-0.4, -0.2) is 60.3 Å². The number of hydrogen-bond donors (Lipinski definition) is 0. The van der Waals surface area contributed by atoms with E-state index in [-0.39, 0.29) is 31.7 Å². The maximum absolute atomic E-state index is 12.4. The molecular weight excluding hydrogens is 370 g/mol. The molecule has 0 N–H and O–H groups in total. The van der Waals surface area contributed by atoms with Gasteiger partial charge in [-0.25, -0.2) is 0 Å². The van der Waals surface area contributed by atoms with E-state index < -0.39 is 0 Å². The lowest BCUT2D eigenvalue weighted by Gasteiger charge is -2.34. The molecule has 0 unspecified atom stereocenters. The van der Waals surface area contributed by atoms with Gasteiger partial charge in [0.15, 0.2) is 18.1 Å². The number of nitrogens with zero attached hydrogens (tertiary/aromatic N) is 3. The molecular formula is C19H22ClN3O4. The molecule has 2 aliphatic heterocycles. The monoisotopic (exact) mass is 391 g/mol. The zero-order chi connectivity index (χ0) is 17.8. The molecule has 1 aromatic heterocycles. The molecule has 1 saturated heterocycles. The number of piperazine rings is 1. The van der Waals surface area contributed by atoms with E-state index in [9.17, 15) is 4.79 Å². The van der Waals surface area contributed by atoms with Crippen molar-refractivity contribution in [1.82, 2.24) is 14.8 Å². The lowest BCUT2D eigenvalue weighted by atomic mass is 10.2. The van der Waals surface area contributed by atoms with Gasteiger partial charge in [-0.3, -0.25) is 14.7 Å². The minimum atomic E-state index is 0. The van der Waals surface area contributed by atoms with Gasteiger partial charge in [-0.05, 0) is 24.3 Å². The Morgan fingerprint density at radius 2 is 1.89 bits per heavy atom. The van der Waals surface area contributed by atoms with Crippen LogP contribution in [0.15, 0.2) is 42.6 Å². The summed E-state index contributed by atoms with van der Waals surface area (Å²) in [6, 6.07) is 11.3. The summed E-state index contributed by atoms with van der Waals surface area (Å²) < 4.78 is 16.2. The zero-order valence-electron chi connectivity index (χ0n) is 14.9. The Labute approximate surface area is 164 Å². The number of ether oxygens (including phenoxy) is 3. The fourth-order valence-corrected chi connectivity index (χ4v) is 3.08. The van der Waals surface area contributed by atoms with Gasteiger partial charge in [-0.2, -0.15) is 0 Å². The van der Waals surface area contributed by atoms with E-state index in [1.54, 1.807) is 18.2 Å². The fourth-order valence-electron chi connectivity index (χ4n) is 3.08. The second-order valence-electron chi connectivity index (χ2n) is 6.28. The molecule has 0 radical (unpaired) electrons. The van der Waals surface area contributed by atoms with Gasteiger partial charge in [0.25, 0.3) is 5.91 Å². The van der Waals surface area contributed by atoms with Crippen LogP contribution >= 0.6 is 12.4 Å². The largest absolute Gasteiger partial charge is 0.484 e. The molecule has 8 heteroatoms. The van der Waals surface area contributed by atoms with Gasteiger partial charge in [0.05, 0.1) is 5.69 Å². The smallest absolute Gasteiger partial charge is 0.260 e. The predicted molar refractivity (Wildman–Crippen MR) is 101 cm³/mol. The number of rotatable bonds is 5. The first-order valence-electron chi connectivity index (χ1n) is 8.70. The summed E-state index contributed by atoms with van der Waals surface area (Å²) in [5.74, 6) is 1.96. The number of pyridine rings is 1. The van der Waals surface area contributed by atoms with Crippen LogP contribution in [0.2, 0.25) is 0 Å². The average Bonchev–Trinajstić information content (AvgIpc) is 3.15. The molecule has 0 aliphatic carbocycles. The van der Waals surface area contributed by atoms with Crippen molar-refractivity contribution in [2.75, 3.05) is 39.6 Å². The molecule has 0 saturated carbocycles. The van der Waals surface area contributed by atoms with Crippen molar-refractivity contribution < 1.29 is 19.0 Å². The number of benzene rings is 1. The third-order valence-electron chi connectivity index (χ3n) is 4.54. The van der Waals surface area contributed by atoms with Crippen molar-refractivity contribution in [2.24, 2.45) is 0 Å². The van der Waals surface area contributed by atoms with Crippen molar-refractivity contribution in [3.05, 3.63) is 48.3 Å². The summed E-state index contributed by atoms with van der Waals surface area (Å²) >= 11 is 0. The minimum Gasteiger partial charge on any atom is -0.484 e. The molecule has 27 heavy (non-hydrogen) atoms. The van der Waals surface area contributed by atoms with Crippen molar-refractivity contribution in [2.45, 2.75) is 6.54 Å². The number of amides is 1. The Bertz CT molecular complexity index is 767. The number of hydrogen-bond acceptors (Lipinski definition) is 6. The normalized spacial score (nSPS) is 15.9. The predicted octanol–water partition coefficient (Wildman–Crippen LogP) is 1.96. The molecule has 1 amide bonds. The minimum absolute atomic E-state index is 0. The Morgan fingerprint density at radius 3 is 2.67 bits per heavy atom. The highest BCUT2D eigenvalue weighted by atomic mass is 35.5. The van der Waals surface area contributed by atoms with Crippen LogP contribution < -0.4 is 14.2 Å². The first-order valence-corrected chi connectivity index (χ1v) is 8.70. The van der Waals surface area contributed by atoms with Gasteiger partial charge in [-0.1, -0.05) is 6.07 Å². The molecule has 7 nitrogen and oxygen atoms in total. The van der Waals surface area contributed by atoms with Crippen LogP contribution in [0.1, 0.15) is 5.69 Å². The second-order valence-corrected chi connectivity index (χ2v) is 6.28. The lowest BCUT2D eigenvalue weighted by molar-refractivity contribution is -0.135. The van der Waals surface area contributed by atoms with Crippen LogP contribution in [-0.2, 0) is 11.3 Å². The number of carbonyl (C=O) groups excluding carboxylic acids is 1. The highest BCUT2D eigenvalue weighted by Gasteiger charge is 2.22. The summed E-state index contributed by atoms with van der Waals surface area (Å²) in [4.78, 5) is 20.9. The summed E-state index contributed by atoms with van der Waals surface area (Å²) in [6.45, 7) is 4.15. The molecule has 3 heterocycles. The van der Waals surface area contributed by atoms with Gasteiger partial charge in [0.1, 0.15) is 5.75 Å². The Morgan fingerprint density at radius 1 is 1.07 bits per heavy atom. The molecule has 1 fully saturated rings. The topological polar surface area (TPSA) is 64.1 Å². The van der Waals surface area contributed by atoms with Crippen molar-refractivity contribution >= 4 is 18.3 Å². The number of fused-ring (bicyclic) bond motifs is 1. The van der Waals surface area contributed by atoms with Gasteiger partial charge in [0.2, 0.25) is 6.79 Å². The second kappa shape index (κ2) is 8.92. The van der Waals surface area contributed by atoms with Gasteiger partial charge < -0.3 is 19.1 Å². The first-order chi connectivity index (χ1) is 12.8. The summed E-state index contributed by atoms with van der Waals surface area (Å²) in [5.41, 5.74) is 1.05. The van der Waals surface area contributed by atoms with Gasteiger partial charge in [0, 0.05) is 45.0 Å². The Hall–Kier alpha value is -2.51. The lowest BCUT2D eigenvalue weighted by Crippen LogP contribution is -2.49. The van der Waals surface area contributed by atoms with Crippen LogP contribution in [0.5, 0.6) is 17.2 Å². The third-order valence-corrected chi connectivity index (χ3v) is 4.54. The van der Waals surface area contributed by atoms with E-state index >= 15 is 0 Å². The van der Waals surface area contributed by atoms with Crippen molar-refractivity contribution in [3.63, 3.8) is 0 Å². The molecule has 2 aliphatic rings. The molecule has 0 spiro atoms. The molecule has 1 aromatic carbocycles. The Kier molecular flexibility index (Phi) is 6.36. The molecule has 2 aromatic rings. The summed E-state index contributed by atoms with van der Waals surface area (Å²) in [6.07, 6.45) is 1.81. The molecule has 4 rings (SSSR count). The Balaban J connectivity index is 0.00000210. The summed E-state index contributed by atoms with van der Waals surface area (Å²) in [5, 5.41) is 0. The maximum atomic E-state index is 12.4. The molecule has 144 valence electrons. The van der Waals surface area contributed by atoms with E-state index in [1.807, 2.05) is 29.3 Å². The highest BCUT2D eigenvalue weighted by Crippen LogP contribution is 2.35. The van der Waals surface area contributed by atoms with Crippen molar-refractivity contribution in [3.8, 4) is 17.2 Å². The van der Waals surface area contributed by atoms with E-state index in [0.717, 1.165) is 25.3 Å². The van der Waals surface area contributed by atoms with Gasteiger partial charge in [-0.15, -0.1) is 12.4 Å². The third kappa shape index (κ3) is 4.81. The van der Waals surface area contributed by atoms with Crippen molar-refractivity contribution in [1.29, 1.82) is 0 Å². The van der Waals surface area contributed by atoms with Crippen LogP contribution in [0.4, 0.5) is 0 Å². The standard InChI is InChI=1S/C19H21N3O4.ClH/c23-19(13-24-16-4-5-17-18(11-16)26-14-25-17)22-9-7-21(8-10-22)12-15-3-1-2-6-20-15;/h1-6,11H,7-10,12-14H2;1H. The number of carbonyl (C=O) groups is 1.